The largest absolute Gasteiger partial charge is 0.480 e. The van der Waals surface area contributed by atoms with Gasteiger partial charge in [0.2, 0.25) is 17.8 Å². The number of benzene rings is 1. The summed E-state index contributed by atoms with van der Waals surface area (Å²) in [6.45, 7) is 1.08. The Morgan fingerprint density at radius 3 is 2.78 bits per heavy atom. The van der Waals surface area contributed by atoms with Crippen molar-refractivity contribution in [2.45, 2.75) is 38.5 Å². The number of carboxylic acids is 1. The molecule has 2 aromatic rings. The van der Waals surface area contributed by atoms with Crippen LogP contribution in [0.15, 0.2) is 24.3 Å². The fraction of sp³-hybridized carbons (Fsp3) is 0.381. The van der Waals surface area contributed by atoms with E-state index in [0.29, 0.717) is 36.6 Å². The van der Waals surface area contributed by atoms with Gasteiger partial charge >= 0.3 is 18.1 Å². The minimum absolute atomic E-state index is 0.171. The second-order valence-corrected chi connectivity index (χ2v) is 8.07. The van der Waals surface area contributed by atoms with Crippen molar-refractivity contribution in [1.82, 2.24) is 30.7 Å². The molecule has 198 valence electrons. The number of nitrogens with two attached hydrogens (primary N) is 1. The van der Waals surface area contributed by atoms with Crippen LogP contribution in [0.2, 0.25) is 0 Å². The number of carbonyl (C=O) groups is 5. The summed E-state index contributed by atoms with van der Waals surface area (Å²) in [4.78, 5) is 64.5. The van der Waals surface area contributed by atoms with Crippen LogP contribution in [0, 0.1) is 0 Å². The fourth-order valence-corrected chi connectivity index (χ4v) is 3.29. The van der Waals surface area contributed by atoms with E-state index in [9.17, 15) is 24.0 Å². The van der Waals surface area contributed by atoms with Crippen LogP contribution in [0.5, 0.6) is 0 Å². The lowest BCUT2D eigenvalue weighted by molar-refractivity contribution is -0.138. The number of aromatic nitrogens is 3. The van der Waals surface area contributed by atoms with Crippen LogP contribution in [0.4, 0.5) is 27.2 Å². The summed E-state index contributed by atoms with van der Waals surface area (Å²) in [7, 11) is 0. The first-order valence-electron chi connectivity index (χ1n) is 11.2. The topological polar surface area (TPSA) is 234 Å². The van der Waals surface area contributed by atoms with E-state index in [1.54, 1.807) is 18.2 Å². The monoisotopic (exact) mass is 517 g/mol. The number of carboxylic acid groups (broad SMARTS) is 1. The van der Waals surface area contributed by atoms with Crippen molar-refractivity contribution in [3.05, 3.63) is 29.8 Å². The van der Waals surface area contributed by atoms with Gasteiger partial charge in [-0.1, -0.05) is 12.1 Å². The molecule has 3 rings (SSSR count). The molecule has 1 aromatic carbocycles. The number of anilines is 3. The van der Waals surface area contributed by atoms with Crippen LogP contribution in [-0.2, 0) is 25.7 Å². The van der Waals surface area contributed by atoms with Crippen LogP contribution in [0.1, 0.15) is 25.3 Å². The summed E-state index contributed by atoms with van der Waals surface area (Å²) in [6.07, 6.45) is -0.0419. The Morgan fingerprint density at radius 1 is 1.30 bits per heavy atom. The van der Waals surface area contributed by atoms with Gasteiger partial charge < -0.3 is 36.8 Å². The predicted octanol–water partition coefficient (Wildman–Crippen LogP) is -0.163. The predicted molar refractivity (Wildman–Crippen MR) is 128 cm³/mol. The van der Waals surface area contributed by atoms with Crippen molar-refractivity contribution in [3.63, 3.8) is 0 Å². The highest BCUT2D eigenvalue weighted by Gasteiger charge is 2.38. The van der Waals surface area contributed by atoms with E-state index in [1.165, 1.54) is 13.0 Å². The number of hydrogen-bond acceptors (Lipinski definition) is 10. The zero-order valence-corrected chi connectivity index (χ0v) is 19.8. The molecule has 1 saturated heterocycles. The maximum absolute atomic E-state index is 12.6. The molecule has 2 heterocycles. The molecule has 16 nitrogen and oxygen atoms in total. The highest BCUT2D eigenvalue weighted by Crippen LogP contribution is 2.14. The van der Waals surface area contributed by atoms with E-state index in [0.717, 1.165) is 4.90 Å². The van der Waals surface area contributed by atoms with Gasteiger partial charge in [0.25, 0.3) is 5.91 Å². The Bertz CT molecular complexity index is 1170. The number of alkyl carbamates (subject to hydrolysis) is 1. The number of amides is 5. The maximum Gasteiger partial charge on any atom is 0.408 e. The number of H-pyrrole nitrogens is 1. The van der Waals surface area contributed by atoms with E-state index in [2.05, 4.69) is 36.4 Å². The Hall–Kier alpha value is -4.89. The number of aliphatic carboxylic acids is 1. The number of nitrogen functional groups attached to an aromatic ring is 1. The summed E-state index contributed by atoms with van der Waals surface area (Å²) in [6, 6.07) is 3.83. The highest BCUT2D eigenvalue weighted by atomic mass is 16.5. The third-order valence-corrected chi connectivity index (χ3v) is 5.15. The van der Waals surface area contributed by atoms with E-state index in [1.807, 2.05) is 0 Å². The second kappa shape index (κ2) is 12.2. The molecule has 1 aromatic heterocycles. The number of rotatable bonds is 12. The van der Waals surface area contributed by atoms with Crippen LogP contribution in [0.25, 0.3) is 0 Å². The number of imide groups is 1. The quantitative estimate of drug-likeness (QED) is 0.144. The van der Waals surface area contributed by atoms with Gasteiger partial charge in [-0.25, -0.2) is 14.7 Å². The van der Waals surface area contributed by atoms with E-state index in [4.69, 9.17) is 15.6 Å². The molecule has 8 N–H and O–H groups in total. The van der Waals surface area contributed by atoms with Gasteiger partial charge in [-0.05, 0) is 37.5 Å². The van der Waals surface area contributed by atoms with Crippen LogP contribution in [-0.4, -0.2) is 80.3 Å². The molecule has 0 aliphatic carbocycles. The summed E-state index contributed by atoms with van der Waals surface area (Å²) >= 11 is 0. The van der Waals surface area contributed by atoms with Gasteiger partial charge in [0.15, 0.2) is 0 Å². The van der Waals surface area contributed by atoms with Gasteiger partial charge in [0.1, 0.15) is 25.2 Å². The lowest BCUT2D eigenvalue weighted by atomic mass is 10.1. The van der Waals surface area contributed by atoms with Crippen LogP contribution >= 0.6 is 0 Å². The van der Waals surface area contributed by atoms with Gasteiger partial charge in [0.05, 0.1) is 0 Å². The Labute approximate surface area is 210 Å². The first-order valence-corrected chi connectivity index (χ1v) is 11.2. The number of urea groups is 1. The van der Waals surface area contributed by atoms with Crippen molar-refractivity contribution in [1.29, 1.82) is 0 Å². The molecule has 2 atom stereocenters. The summed E-state index contributed by atoms with van der Waals surface area (Å²) < 4.78 is 4.97. The maximum atomic E-state index is 12.6. The van der Waals surface area contributed by atoms with Crippen LogP contribution < -0.4 is 27.0 Å². The highest BCUT2D eigenvalue weighted by molar-refractivity contribution is 6.07. The third kappa shape index (κ3) is 7.81. The molecule has 0 radical (unpaired) electrons. The molecule has 16 heteroatoms. The van der Waals surface area contributed by atoms with Crippen molar-refractivity contribution < 1.29 is 33.8 Å². The Kier molecular flexibility index (Phi) is 8.80. The smallest absolute Gasteiger partial charge is 0.408 e. The van der Waals surface area contributed by atoms with Gasteiger partial charge in [-0.2, -0.15) is 4.98 Å². The lowest BCUT2D eigenvalue weighted by Crippen LogP contribution is -2.38. The van der Waals surface area contributed by atoms with Crippen molar-refractivity contribution in [2.24, 2.45) is 0 Å². The molecular formula is C21H27N9O7. The SMILES string of the molecule is C[C@H](NC(=O)OCc1cccc(NC(=O)CN2C(=O)N[C@@H](CCCNc3n[nH]c(N)n3)C2=O)c1)C(=O)O. The van der Waals surface area contributed by atoms with E-state index >= 15 is 0 Å². The van der Waals surface area contributed by atoms with E-state index in [-0.39, 0.29) is 12.6 Å². The standard InChI is InChI=1S/C21H27N9O7/c1-11(17(33)34)24-21(36)37-10-12-4-2-5-13(8-12)25-15(31)9-30-16(32)14(26-20(30)35)6-3-7-23-19-27-18(22)28-29-19/h2,4-5,8,11,14H,3,6-7,9-10H2,1H3,(H,24,36)(H,25,31)(H,26,35)(H,33,34)(H4,22,23,27,28,29)/t11-,14-/m0/s1. The minimum atomic E-state index is -1.20. The Balaban J connectivity index is 1.43. The summed E-state index contributed by atoms with van der Waals surface area (Å²) in [5, 5.41) is 25.3. The average Bonchev–Trinajstić information content (AvgIpc) is 3.38. The van der Waals surface area contributed by atoms with Crippen LogP contribution in [0.3, 0.4) is 0 Å². The normalized spacial score (nSPS) is 15.6. The number of ether oxygens (including phenoxy) is 1. The molecule has 1 aliphatic rings. The van der Waals surface area contributed by atoms with Gasteiger partial charge in [-0.15, -0.1) is 5.10 Å². The molecule has 37 heavy (non-hydrogen) atoms. The second-order valence-electron chi connectivity index (χ2n) is 8.07. The molecule has 0 unspecified atom stereocenters. The van der Waals surface area contributed by atoms with Crippen molar-refractivity contribution >= 4 is 47.5 Å². The van der Waals surface area contributed by atoms with Gasteiger partial charge in [0, 0.05) is 12.2 Å². The molecule has 0 saturated carbocycles. The fourth-order valence-electron chi connectivity index (χ4n) is 3.29. The lowest BCUT2D eigenvalue weighted by Gasteiger charge is -2.14. The number of nitrogens with zero attached hydrogens (tertiary/aromatic N) is 3. The zero-order valence-electron chi connectivity index (χ0n) is 19.8. The average molecular weight is 518 g/mol. The first-order chi connectivity index (χ1) is 17.6. The zero-order chi connectivity index (χ0) is 26.9. The van der Waals surface area contributed by atoms with Crippen molar-refractivity contribution in [2.75, 3.05) is 29.5 Å². The van der Waals surface area contributed by atoms with Gasteiger partial charge in [-0.3, -0.25) is 19.3 Å². The first kappa shape index (κ1) is 26.7. The summed E-state index contributed by atoms with van der Waals surface area (Å²) in [5.41, 5.74) is 6.31. The number of nitrogens with one attached hydrogen (secondary N) is 5. The molecule has 0 bridgehead atoms. The molecule has 1 aliphatic heterocycles. The van der Waals surface area contributed by atoms with Crippen molar-refractivity contribution in [3.8, 4) is 0 Å². The Morgan fingerprint density at radius 2 is 2.08 bits per heavy atom. The van der Waals surface area contributed by atoms with E-state index < -0.39 is 48.5 Å². The molecular weight excluding hydrogens is 490 g/mol. The number of carbonyl (C=O) groups excluding carboxylic acids is 4. The molecule has 1 fully saturated rings. The third-order valence-electron chi connectivity index (χ3n) is 5.15. The summed E-state index contributed by atoms with van der Waals surface area (Å²) in [5.74, 6) is -1.82. The number of hydrogen-bond donors (Lipinski definition) is 7. The number of aromatic amines is 1. The molecule has 0 spiro atoms. The molecule has 5 amide bonds. The minimum Gasteiger partial charge on any atom is -0.480 e.